The normalized spacial score (nSPS) is 14.0. The van der Waals surface area contributed by atoms with Gasteiger partial charge >= 0.3 is 0 Å². The summed E-state index contributed by atoms with van der Waals surface area (Å²) in [5.41, 5.74) is 3.52. The fourth-order valence-electron chi connectivity index (χ4n) is 3.05. The molecule has 1 aliphatic carbocycles. The summed E-state index contributed by atoms with van der Waals surface area (Å²) in [6, 6.07) is 11.5. The Hall–Kier alpha value is -2.52. The average molecular weight is 382 g/mol. The lowest BCUT2D eigenvalue weighted by Gasteiger charge is -2.18. The number of benzene rings is 1. The van der Waals surface area contributed by atoms with Gasteiger partial charge in [-0.05, 0) is 75.4 Å². The van der Waals surface area contributed by atoms with Crippen molar-refractivity contribution in [1.29, 1.82) is 5.26 Å². The molecule has 5 nitrogen and oxygen atoms in total. The molecule has 0 saturated heterocycles. The number of aryl methyl sites for hydroxylation is 2. The van der Waals surface area contributed by atoms with Crippen LogP contribution in [0, 0.1) is 11.3 Å². The number of anilines is 1. The van der Waals surface area contributed by atoms with Crippen LogP contribution in [-0.2, 0) is 17.6 Å². The molecule has 1 amide bonds. The first-order chi connectivity index (χ1) is 13.1. The Morgan fingerprint density at radius 3 is 2.78 bits per heavy atom. The molecule has 6 heteroatoms. The number of nitrogens with zero attached hydrogens (tertiary/aromatic N) is 2. The van der Waals surface area contributed by atoms with Crippen molar-refractivity contribution in [3.8, 4) is 11.8 Å². The zero-order valence-corrected chi connectivity index (χ0v) is 16.4. The van der Waals surface area contributed by atoms with E-state index in [1.165, 1.54) is 17.3 Å². The number of rotatable bonds is 6. The Kier molecular flexibility index (Phi) is 6.36. The van der Waals surface area contributed by atoms with Crippen LogP contribution in [0.1, 0.15) is 43.5 Å². The van der Waals surface area contributed by atoms with E-state index >= 15 is 0 Å². The average Bonchev–Trinajstić information content (AvgIpc) is 2.69. The molecular weight excluding hydrogens is 358 g/mol. The molecule has 0 spiro atoms. The van der Waals surface area contributed by atoms with E-state index in [1.54, 1.807) is 0 Å². The highest BCUT2D eigenvalue weighted by atomic mass is 32.2. The van der Waals surface area contributed by atoms with Crippen molar-refractivity contribution in [2.24, 2.45) is 0 Å². The number of thioether (sulfide) groups is 1. The standard InChI is InChI=1S/C21H23N3O2S/c1-3-26-18-10-8-17(9-11-18)23-20(25)14(2)27-21-16(13-22)12-15-6-4-5-7-19(15)24-21/h8-12,14H,3-7H2,1-2H3,(H,23,25). The maximum atomic E-state index is 12.5. The van der Waals surface area contributed by atoms with Gasteiger partial charge in [-0.3, -0.25) is 4.79 Å². The van der Waals surface area contributed by atoms with E-state index in [1.807, 2.05) is 44.2 Å². The zero-order chi connectivity index (χ0) is 19.2. The van der Waals surface area contributed by atoms with Crippen molar-refractivity contribution in [1.82, 2.24) is 4.98 Å². The second kappa shape index (κ2) is 8.92. The molecule has 1 aromatic heterocycles. The van der Waals surface area contributed by atoms with E-state index in [2.05, 4.69) is 16.4 Å². The molecule has 1 aromatic carbocycles. The summed E-state index contributed by atoms with van der Waals surface area (Å²) in [5, 5.41) is 12.6. The van der Waals surface area contributed by atoms with Crippen LogP contribution in [0.15, 0.2) is 35.4 Å². The number of pyridine rings is 1. The minimum atomic E-state index is -0.363. The molecule has 1 aliphatic rings. The molecule has 0 fully saturated rings. The maximum absolute atomic E-state index is 12.5. The third kappa shape index (κ3) is 4.81. The lowest BCUT2D eigenvalue weighted by Crippen LogP contribution is -2.22. The number of amides is 1. The van der Waals surface area contributed by atoms with Gasteiger partial charge in [-0.1, -0.05) is 11.8 Å². The van der Waals surface area contributed by atoms with E-state index in [-0.39, 0.29) is 11.2 Å². The van der Waals surface area contributed by atoms with Crippen LogP contribution < -0.4 is 10.1 Å². The van der Waals surface area contributed by atoms with Crippen molar-refractivity contribution < 1.29 is 9.53 Å². The predicted octanol–water partition coefficient (Wildman–Crippen LogP) is 4.35. The summed E-state index contributed by atoms with van der Waals surface area (Å²) >= 11 is 1.34. The van der Waals surface area contributed by atoms with E-state index in [9.17, 15) is 10.1 Å². The second-order valence-corrected chi connectivity index (χ2v) is 7.80. The molecule has 1 heterocycles. The summed E-state index contributed by atoms with van der Waals surface area (Å²) < 4.78 is 5.41. The van der Waals surface area contributed by atoms with Gasteiger partial charge in [0.05, 0.1) is 17.4 Å². The first kappa shape index (κ1) is 19.2. The molecule has 140 valence electrons. The quantitative estimate of drug-likeness (QED) is 0.753. The van der Waals surface area contributed by atoms with Gasteiger partial charge in [-0.25, -0.2) is 4.98 Å². The van der Waals surface area contributed by atoms with Crippen LogP contribution in [0.2, 0.25) is 0 Å². The molecule has 0 saturated carbocycles. The van der Waals surface area contributed by atoms with Crippen molar-refractivity contribution in [3.63, 3.8) is 0 Å². The summed E-state index contributed by atoms with van der Waals surface area (Å²) in [4.78, 5) is 17.2. The van der Waals surface area contributed by atoms with Crippen LogP contribution in [0.4, 0.5) is 5.69 Å². The van der Waals surface area contributed by atoms with Gasteiger partial charge < -0.3 is 10.1 Å². The number of aromatic nitrogens is 1. The number of ether oxygens (including phenoxy) is 1. The summed E-state index contributed by atoms with van der Waals surface area (Å²) in [5.74, 6) is 0.655. The van der Waals surface area contributed by atoms with Gasteiger partial charge in [0.15, 0.2) is 0 Å². The van der Waals surface area contributed by atoms with Crippen molar-refractivity contribution in [3.05, 3.63) is 47.2 Å². The first-order valence-corrected chi connectivity index (χ1v) is 10.1. The summed E-state index contributed by atoms with van der Waals surface area (Å²) in [7, 11) is 0. The largest absolute Gasteiger partial charge is 0.494 e. The van der Waals surface area contributed by atoms with Gasteiger partial charge in [0.2, 0.25) is 5.91 Å². The Labute approximate surface area is 164 Å². The van der Waals surface area contributed by atoms with Crippen molar-refractivity contribution >= 4 is 23.4 Å². The van der Waals surface area contributed by atoms with Gasteiger partial charge in [-0.15, -0.1) is 0 Å². The molecule has 1 N–H and O–H groups in total. The third-order valence-corrected chi connectivity index (χ3v) is 5.58. The minimum Gasteiger partial charge on any atom is -0.494 e. The predicted molar refractivity (Wildman–Crippen MR) is 107 cm³/mol. The number of hydrogen-bond acceptors (Lipinski definition) is 5. The Balaban J connectivity index is 1.68. The SMILES string of the molecule is CCOc1ccc(NC(=O)C(C)Sc2nc3c(cc2C#N)CCCC3)cc1. The smallest absolute Gasteiger partial charge is 0.237 e. The molecule has 0 radical (unpaired) electrons. The van der Waals surface area contributed by atoms with Crippen LogP contribution in [0.3, 0.4) is 0 Å². The molecule has 2 aromatic rings. The second-order valence-electron chi connectivity index (χ2n) is 6.47. The lowest BCUT2D eigenvalue weighted by molar-refractivity contribution is -0.115. The Morgan fingerprint density at radius 1 is 1.33 bits per heavy atom. The molecule has 0 bridgehead atoms. The van der Waals surface area contributed by atoms with Crippen molar-refractivity contribution in [2.45, 2.75) is 49.8 Å². The van der Waals surface area contributed by atoms with E-state index in [0.29, 0.717) is 17.2 Å². The van der Waals surface area contributed by atoms with Crippen LogP contribution in [-0.4, -0.2) is 22.7 Å². The monoisotopic (exact) mass is 381 g/mol. The molecular formula is C21H23N3O2S. The molecule has 0 aliphatic heterocycles. The van der Waals surface area contributed by atoms with E-state index in [0.717, 1.165) is 42.8 Å². The highest BCUT2D eigenvalue weighted by Gasteiger charge is 2.20. The topological polar surface area (TPSA) is 75.0 Å². The number of nitriles is 1. The number of nitrogens with one attached hydrogen (secondary N) is 1. The van der Waals surface area contributed by atoms with Crippen LogP contribution in [0.5, 0.6) is 5.75 Å². The molecule has 27 heavy (non-hydrogen) atoms. The number of carbonyl (C=O) groups is 1. The first-order valence-electron chi connectivity index (χ1n) is 9.24. The number of fused-ring (bicyclic) bond motifs is 1. The van der Waals surface area contributed by atoms with Crippen LogP contribution >= 0.6 is 11.8 Å². The zero-order valence-electron chi connectivity index (χ0n) is 15.6. The number of carbonyl (C=O) groups excluding carboxylic acids is 1. The third-order valence-electron chi connectivity index (χ3n) is 4.48. The van der Waals surface area contributed by atoms with Gasteiger partial charge in [0.25, 0.3) is 0 Å². The highest BCUT2D eigenvalue weighted by Crippen LogP contribution is 2.30. The Bertz CT molecular complexity index is 859. The summed E-state index contributed by atoms with van der Waals surface area (Å²) in [6.07, 6.45) is 4.20. The maximum Gasteiger partial charge on any atom is 0.237 e. The van der Waals surface area contributed by atoms with E-state index < -0.39 is 0 Å². The molecule has 3 rings (SSSR count). The van der Waals surface area contributed by atoms with Crippen molar-refractivity contribution in [2.75, 3.05) is 11.9 Å². The Morgan fingerprint density at radius 2 is 2.07 bits per heavy atom. The van der Waals surface area contributed by atoms with Gasteiger partial charge in [0.1, 0.15) is 16.8 Å². The van der Waals surface area contributed by atoms with Gasteiger partial charge in [-0.2, -0.15) is 5.26 Å². The minimum absolute atomic E-state index is 0.118. The molecule has 1 unspecified atom stereocenters. The molecule has 1 atom stereocenters. The lowest BCUT2D eigenvalue weighted by atomic mass is 9.95. The number of hydrogen-bond donors (Lipinski definition) is 1. The fourth-order valence-corrected chi connectivity index (χ4v) is 3.95. The fraction of sp³-hybridized carbons (Fsp3) is 0.381. The van der Waals surface area contributed by atoms with Crippen LogP contribution in [0.25, 0.3) is 0 Å². The van der Waals surface area contributed by atoms with E-state index in [4.69, 9.17) is 4.74 Å². The van der Waals surface area contributed by atoms with Gasteiger partial charge in [0, 0.05) is 11.4 Å². The highest BCUT2D eigenvalue weighted by molar-refractivity contribution is 8.00. The summed E-state index contributed by atoms with van der Waals surface area (Å²) in [6.45, 7) is 4.37.